The Kier molecular flexibility index (Phi) is 3.59. The van der Waals surface area contributed by atoms with Crippen LogP contribution in [-0.2, 0) is 4.74 Å². The zero-order valence-electron chi connectivity index (χ0n) is 11.0. The first-order valence-electron chi connectivity index (χ1n) is 6.35. The highest BCUT2D eigenvalue weighted by atomic mass is 32.2. The molecule has 1 aromatic carbocycles. The van der Waals surface area contributed by atoms with Gasteiger partial charge in [-0.3, -0.25) is 0 Å². The lowest BCUT2D eigenvalue weighted by Gasteiger charge is -2.17. The standard InChI is InChI=1S/C13H17N3O3S/c1-20-5-9-11(17)12(18)13(19-9)16-6-15-10-7(14)3-2-4-8(10)16/h2-4,6,9,11-13,17-18H,5,14H2,1H3/t9-,11+,12?,13-/m1/s1. The summed E-state index contributed by atoms with van der Waals surface area (Å²) >= 11 is 1.57. The molecule has 1 aromatic heterocycles. The van der Waals surface area contributed by atoms with E-state index in [9.17, 15) is 10.2 Å². The molecule has 0 bridgehead atoms. The fourth-order valence-electron chi connectivity index (χ4n) is 2.54. The van der Waals surface area contributed by atoms with Crippen molar-refractivity contribution in [2.75, 3.05) is 17.7 Å². The van der Waals surface area contributed by atoms with Crippen LogP contribution in [0.2, 0.25) is 0 Å². The number of ether oxygens (including phenoxy) is 1. The van der Waals surface area contributed by atoms with E-state index >= 15 is 0 Å². The minimum atomic E-state index is -0.981. The van der Waals surface area contributed by atoms with Gasteiger partial charge in [-0.15, -0.1) is 0 Å². The van der Waals surface area contributed by atoms with Crippen molar-refractivity contribution < 1.29 is 14.9 Å². The molecule has 6 nitrogen and oxygen atoms in total. The van der Waals surface area contributed by atoms with Crippen LogP contribution in [0, 0.1) is 0 Å². The molecular weight excluding hydrogens is 278 g/mol. The summed E-state index contributed by atoms with van der Waals surface area (Å²) in [7, 11) is 0. The summed E-state index contributed by atoms with van der Waals surface area (Å²) in [5, 5.41) is 20.2. The van der Waals surface area contributed by atoms with Gasteiger partial charge < -0.3 is 25.3 Å². The van der Waals surface area contributed by atoms with Gasteiger partial charge in [-0.2, -0.15) is 11.8 Å². The number of aliphatic hydroxyl groups is 2. The van der Waals surface area contributed by atoms with Crippen LogP contribution < -0.4 is 5.73 Å². The largest absolute Gasteiger partial charge is 0.397 e. The van der Waals surface area contributed by atoms with E-state index in [1.807, 2.05) is 18.4 Å². The Morgan fingerprint density at radius 1 is 1.40 bits per heavy atom. The zero-order valence-corrected chi connectivity index (χ0v) is 11.8. The molecule has 0 saturated carbocycles. The highest BCUT2D eigenvalue weighted by molar-refractivity contribution is 7.98. The average Bonchev–Trinajstić information content (AvgIpc) is 2.97. The third kappa shape index (κ3) is 2.07. The van der Waals surface area contributed by atoms with Crippen molar-refractivity contribution in [3.05, 3.63) is 24.5 Å². The van der Waals surface area contributed by atoms with Gasteiger partial charge in [0.1, 0.15) is 17.7 Å². The molecule has 0 spiro atoms. The lowest BCUT2D eigenvalue weighted by atomic mass is 10.1. The predicted octanol–water partition coefficient (Wildman–Crippen LogP) is 0.601. The molecule has 4 N–H and O–H groups in total. The number of para-hydroxylation sites is 1. The van der Waals surface area contributed by atoms with E-state index in [4.69, 9.17) is 10.5 Å². The SMILES string of the molecule is CSC[C@H]1O[C@@H](n2cnc3c(N)cccc32)C(O)[C@H]1O. The molecule has 1 saturated heterocycles. The van der Waals surface area contributed by atoms with Gasteiger partial charge in [0.15, 0.2) is 6.23 Å². The fraction of sp³-hybridized carbons (Fsp3) is 0.462. The van der Waals surface area contributed by atoms with E-state index in [-0.39, 0.29) is 6.10 Å². The topological polar surface area (TPSA) is 93.5 Å². The number of nitrogens with two attached hydrogens (primary N) is 1. The summed E-state index contributed by atoms with van der Waals surface area (Å²) in [6.07, 6.45) is 0.612. The second-order valence-electron chi connectivity index (χ2n) is 4.87. The second-order valence-corrected chi connectivity index (χ2v) is 5.78. The molecule has 0 radical (unpaired) electrons. The molecule has 1 fully saturated rings. The molecule has 1 aliphatic heterocycles. The van der Waals surface area contributed by atoms with Crippen molar-refractivity contribution >= 4 is 28.5 Å². The molecule has 2 aromatic rings. The number of benzene rings is 1. The van der Waals surface area contributed by atoms with Crippen molar-refractivity contribution in [1.29, 1.82) is 0 Å². The van der Waals surface area contributed by atoms with Gasteiger partial charge >= 0.3 is 0 Å². The lowest BCUT2D eigenvalue weighted by Crippen LogP contribution is -2.32. The number of aliphatic hydroxyl groups excluding tert-OH is 2. The smallest absolute Gasteiger partial charge is 0.164 e. The van der Waals surface area contributed by atoms with Crippen LogP contribution in [0.3, 0.4) is 0 Å². The first kappa shape index (κ1) is 13.7. The number of rotatable bonds is 3. The number of thioether (sulfide) groups is 1. The van der Waals surface area contributed by atoms with E-state index in [2.05, 4.69) is 4.98 Å². The Morgan fingerprint density at radius 2 is 2.20 bits per heavy atom. The van der Waals surface area contributed by atoms with E-state index in [0.717, 1.165) is 5.52 Å². The van der Waals surface area contributed by atoms with Crippen molar-refractivity contribution in [1.82, 2.24) is 9.55 Å². The molecule has 1 unspecified atom stereocenters. The molecule has 7 heteroatoms. The van der Waals surface area contributed by atoms with E-state index in [1.54, 1.807) is 28.7 Å². The summed E-state index contributed by atoms with van der Waals surface area (Å²) in [4.78, 5) is 4.25. The Labute approximate surface area is 120 Å². The molecule has 0 amide bonds. The molecule has 0 aliphatic carbocycles. The molecule has 4 atom stereocenters. The van der Waals surface area contributed by atoms with Gasteiger partial charge in [0.25, 0.3) is 0 Å². The zero-order chi connectivity index (χ0) is 14.3. The maximum atomic E-state index is 10.2. The number of nitrogen functional groups attached to an aromatic ring is 1. The predicted molar refractivity (Wildman–Crippen MR) is 78.5 cm³/mol. The fourth-order valence-corrected chi connectivity index (χ4v) is 3.15. The Hall–Kier alpha value is -1.28. The molecule has 20 heavy (non-hydrogen) atoms. The van der Waals surface area contributed by atoms with Gasteiger partial charge in [0, 0.05) is 5.75 Å². The summed E-state index contributed by atoms with van der Waals surface area (Å²) in [6.45, 7) is 0. The summed E-state index contributed by atoms with van der Waals surface area (Å²) in [6, 6.07) is 5.47. The van der Waals surface area contributed by atoms with Crippen LogP contribution in [0.4, 0.5) is 5.69 Å². The highest BCUT2D eigenvalue weighted by Gasteiger charge is 2.43. The number of imidazole rings is 1. The summed E-state index contributed by atoms with van der Waals surface area (Å²) < 4.78 is 7.50. The van der Waals surface area contributed by atoms with E-state index in [0.29, 0.717) is 17.0 Å². The first-order valence-corrected chi connectivity index (χ1v) is 7.74. The van der Waals surface area contributed by atoms with Crippen LogP contribution in [0.1, 0.15) is 6.23 Å². The maximum Gasteiger partial charge on any atom is 0.164 e. The number of fused-ring (bicyclic) bond motifs is 1. The van der Waals surface area contributed by atoms with Crippen molar-refractivity contribution in [3.8, 4) is 0 Å². The quantitative estimate of drug-likeness (QED) is 0.718. The molecule has 3 rings (SSSR count). The van der Waals surface area contributed by atoms with Crippen molar-refractivity contribution in [2.45, 2.75) is 24.5 Å². The van der Waals surface area contributed by atoms with Crippen LogP contribution in [0.15, 0.2) is 24.5 Å². The first-order chi connectivity index (χ1) is 9.63. The molecular formula is C13H17N3O3S. The minimum Gasteiger partial charge on any atom is -0.397 e. The van der Waals surface area contributed by atoms with Gasteiger partial charge in [-0.05, 0) is 18.4 Å². The second kappa shape index (κ2) is 5.25. The minimum absolute atomic E-state index is 0.386. The van der Waals surface area contributed by atoms with Crippen molar-refractivity contribution in [2.24, 2.45) is 0 Å². The lowest BCUT2D eigenvalue weighted by molar-refractivity contribution is -0.0285. The molecule has 2 heterocycles. The third-order valence-electron chi connectivity index (χ3n) is 3.58. The number of hydrogen-bond acceptors (Lipinski definition) is 6. The number of anilines is 1. The third-order valence-corrected chi connectivity index (χ3v) is 4.24. The highest BCUT2D eigenvalue weighted by Crippen LogP contribution is 2.33. The van der Waals surface area contributed by atoms with Crippen molar-refractivity contribution in [3.63, 3.8) is 0 Å². The summed E-state index contributed by atoms with van der Waals surface area (Å²) in [5.41, 5.74) is 7.91. The van der Waals surface area contributed by atoms with Crippen LogP contribution in [-0.4, -0.2) is 50.1 Å². The molecule has 108 valence electrons. The number of aromatic nitrogens is 2. The number of hydrogen-bond donors (Lipinski definition) is 3. The van der Waals surface area contributed by atoms with Gasteiger partial charge in [-0.1, -0.05) is 6.07 Å². The van der Waals surface area contributed by atoms with Gasteiger partial charge in [-0.25, -0.2) is 4.98 Å². The van der Waals surface area contributed by atoms with Crippen LogP contribution in [0.25, 0.3) is 11.0 Å². The molecule has 1 aliphatic rings. The van der Waals surface area contributed by atoms with Crippen LogP contribution >= 0.6 is 11.8 Å². The monoisotopic (exact) mass is 295 g/mol. The normalized spacial score (nSPS) is 30.1. The van der Waals surface area contributed by atoms with E-state index in [1.165, 1.54) is 0 Å². The Morgan fingerprint density at radius 3 is 2.95 bits per heavy atom. The van der Waals surface area contributed by atoms with Gasteiger partial charge in [0.05, 0.1) is 23.6 Å². The van der Waals surface area contributed by atoms with E-state index < -0.39 is 18.4 Å². The number of nitrogens with zero attached hydrogens (tertiary/aromatic N) is 2. The van der Waals surface area contributed by atoms with Crippen LogP contribution in [0.5, 0.6) is 0 Å². The maximum absolute atomic E-state index is 10.2. The Balaban J connectivity index is 1.97. The Bertz CT molecular complexity index is 618. The average molecular weight is 295 g/mol. The summed E-state index contributed by atoms with van der Waals surface area (Å²) in [5.74, 6) is 0.628. The van der Waals surface area contributed by atoms with Gasteiger partial charge in [0.2, 0.25) is 0 Å².